The van der Waals surface area contributed by atoms with Gasteiger partial charge in [-0.1, -0.05) is 224 Å². The number of carbonyl (C=O) groups is 5. The average molecular weight is 2030 g/mol. The molecule has 4 atom stereocenters. The molecule has 4 aliphatic carbocycles. The van der Waals surface area contributed by atoms with Crippen LogP contribution in [0.25, 0.3) is 0 Å². The smallest absolute Gasteiger partial charge is 0.850 e. The number of methoxy groups -OCH3 is 3. The number of hydrogen-bond acceptors (Lipinski definition) is 20. The molecule has 0 amide bonds. The Hall–Kier alpha value is -5.32. The molecular weight excluding hydrogens is 1920 g/mol. The van der Waals surface area contributed by atoms with Crippen LogP contribution in [-0.4, -0.2) is 96.7 Å². The topological polar surface area (TPSA) is 363 Å². The summed E-state index contributed by atoms with van der Waals surface area (Å²) >= 11 is 70.9. The molecule has 2 N–H and O–H groups in total. The maximum Gasteiger partial charge on any atom is 1.00 e. The summed E-state index contributed by atoms with van der Waals surface area (Å²) in [6, 6.07) is 45.1. The number of ketones is 2. The first kappa shape index (κ1) is 128. The average Bonchev–Trinajstić information content (AvgIpc) is 1.22. The molecule has 1 saturated heterocycles. The van der Waals surface area contributed by atoms with Crippen molar-refractivity contribution >= 4 is 175 Å². The molecule has 1 heterocycles. The third kappa shape index (κ3) is 42.6. The van der Waals surface area contributed by atoms with Crippen molar-refractivity contribution in [2.75, 3.05) is 27.9 Å². The molecule has 0 aromatic heterocycles. The van der Waals surface area contributed by atoms with Gasteiger partial charge >= 0.3 is 94.3 Å². The first-order chi connectivity index (χ1) is 58.6. The van der Waals surface area contributed by atoms with Crippen LogP contribution in [0.15, 0.2) is 122 Å². The van der Waals surface area contributed by atoms with E-state index in [0.717, 1.165) is 46.9 Å². The number of esters is 3. The predicted molar refractivity (Wildman–Crippen MR) is 501 cm³/mol. The quantitative estimate of drug-likeness (QED) is 0.0271. The number of hydrogen-bond donors (Lipinski definition) is 2. The van der Waals surface area contributed by atoms with E-state index >= 15 is 0 Å². The number of nitriles is 6. The van der Waals surface area contributed by atoms with Gasteiger partial charge in [-0.15, -0.1) is 5.60 Å². The van der Waals surface area contributed by atoms with Crippen molar-refractivity contribution in [3.05, 3.63) is 223 Å². The fourth-order valence-electron chi connectivity index (χ4n) is 13.6. The Kier molecular flexibility index (Phi) is 61.8. The first-order valence-electron chi connectivity index (χ1n) is 39.4. The molecular formula is C95H108Cl12KLiN6O14. The SMILES string of the molecule is C.C=CC(=O)OC.CC(C)(C)[O-].CC1(O)CCC(C#N)(c2ccc(Cl)c(Cl)c2)CC1.CC1(O)CCC(C#N)(c2ccc(Cl)c(Cl)c2)CC1.CC1CCCO1.CCCC(C#N)(CCC(=O)OC)c1ccc(Cl)c(Cl)c1.COC(=O)C1CC(C#N)(c2ccc(Cl)c(Cl)c2)CCC1=O.N#CC1(c2ccc(Cl)c(Cl)c2)CCC(=O)CC1.N#CCc1ccc(Cl)c(Cl)c1.O=C=O.[CH3-].[K+].[Li+]. The molecule has 4 unspecified atom stereocenters. The second-order valence-corrected chi connectivity index (χ2v) is 36.4. The predicted octanol–water partition coefficient (Wildman–Crippen LogP) is 19.1. The first-order valence-corrected chi connectivity index (χ1v) is 44.0. The van der Waals surface area contributed by atoms with Crippen molar-refractivity contribution in [2.24, 2.45) is 5.92 Å². The Morgan fingerprint density at radius 2 is 0.891 bits per heavy atom. The van der Waals surface area contributed by atoms with Crippen molar-refractivity contribution in [1.29, 1.82) is 31.6 Å². The second kappa shape index (κ2) is 62.4. The molecule has 6 aromatic rings. The van der Waals surface area contributed by atoms with Crippen LogP contribution in [-0.2, 0) is 86.0 Å². The Bertz CT molecular complexity index is 4830. The van der Waals surface area contributed by atoms with Crippen LogP contribution >= 0.6 is 139 Å². The van der Waals surface area contributed by atoms with Gasteiger partial charge in [0.1, 0.15) is 17.5 Å². The minimum absolute atomic E-state index is 0. The van der Waals surface area contributed by atoms with E-state index in [1.165, 1.54) is 34.2 Å². The number of benzene rings is 6. The van der Waals surface area contributed by atoms with Gasteiger partial charge in [0.05, 0.1) is 169 Å². The van der Waals surface area contributed by atoms with E-state index in [9.17, 15) is 65.6 Å². The molecule has 0 spiro atoms. The van der Waals surface area contributed by atoms with Gasteiger partial charge < -0.3 is 41.7 Å². The molecule has 6 aromatic carbocycles. The summed E-state index contributed by atoms with van der Waals surface area (Å²) in [5.41, 5.74) is -0.394. The van der Waals surface area contributed by atoms with Gasteiger partial charge in [0.2, 0.25) is 0 Å². The van der Waals surface area contributed by atoms with Gasteiger partial charge in [-0.3, -0.25) is 19.2 Å². The van der Waals surface area contributed by atoms with Gasteiger partial charge in [-0.25, -0.2) is 4.79 Å². The molecule has 0 radical (unpaired) electrons. The monoisotopic (exact) mass is 2020 g/mol. The van der Waals surface area contributed by atoms with Gasteiger partial charge in [0.25, 0.3) is 0 Å². The van der Waals surface area contributed by atoms with Gasteiger partial charge in [0.15, 0.2) is 0 Å². The fraction of sp³-hybridized carbons (Fsp3) is 0.463. The molecule has 20 nitrogen and oxygen atoms in total. The Morgan fingerprint density at radius 3 is 1.17 bits per heavy atom. The zero-order chi connectivity index (χ0) is 94.9. The molecule has 0 bridgehead atoms. The summed E-state index contributed by atoms with van der Waals surface area (Å²) in [6.45, 7) is 16.8. The number of Topliss-reactive ketones (excluding diaryl/α,β-unsaturated/α-hetero) is 2. The van der Waals surface area contributed by atoms with E-state index in [4.69, 9.17) is 159 Å². The van der Waals surface area contributed by atoms with Crippen LogP contribution in [0, 0.1) is 81.3 Å². The standard InChI is InChI=1S/C15H13Cl2NO3.C15H17Cl2NO2.2C14H15Cl2NO.C13H11Cl2NO.C8H5Cl2N.C5H10O.C4H6O2.C4H9O.CO2.CH4.CH3.K.Li/c1-21-14(20)10-7-15(8-18,5-4-13(10)19)9-2-3-11(16)12(17)6-9;1-3-7-15(10-18,8-6-14(19)20-2)11-4-5-12(16)13(17)9-11;2*1-13(18)4-6-14(9-17,7-5-13)10-2-3-11(15)12(16)8-10;14-11-2-1-9(7-12(11)15)13(8-16)5-3-10(17)4-6-13;9-7-2-1-6(3-4-11)5-8(7)10;1-5-3-2-4-6-5;1-3-4(5)6-2;1-4(2,3)5;2-1-3;;;;/h2-3,6,10H,4-5,7H2,1H3;4-5,9H,3,6-8H2,1-2H3;2*2-3,8,18H,4-7H2,1H3;1-2,7H,3-6H2;1-2,5H,3H2;5H,2-4H2,1H3;3H,1H2,2H3;1-3H3;;1H4;1H3;;/q;;;;;;;;-1;;;-1;2*+1. The number of rotatable bonds is 13. The molecule has 11 rings (SSSR count). The largest absolute Gasteiger partial charge is 1.00 e. The number of aliphatic hydroxyl groups is 2. The number of nitrogens with zero attached hydrogens (tertiary/aromatic N) is 6. The van der Waals surface area contributed by atoms with Crippen molar-refractivity contribution in [3.63, 3.8) is 0 Å². The van der Waals surface area contributed by atoms with E-state index in [1.54, 1.807) is 112 Å². The van der Waals surface area contributed by atoms with Crippen LogP contribution in [0.3, 0.4) is 0 Å². The van der Waals surface area contributed by atoms with Crippen LogP contribution < -0.4 is 75.4 Å². The van der Waals surface area contributed by atoms with Crippen LogP contribution in [0.4, 0.5) is 0 Å². The summed E-state index contributed by atoms with van der Waals surface area (Å²) in [7, 11) is 3.89. The molecule has 1 aliphatic heterocycles. The molecule has 5 fully saturated rings. The zero-order valence-corrected chi connectivity index (χ0v) is 86.3. The van der Waals surface area contributed by atoms with E-state index in [-0.39, 0.29) is 128 Å². The van der Waals surface area contributed by atoms with Crippen LogP contribution in [0.1, 0.15) is 224 Å². The Morgan fingerprint density at radius 1 is 0.543 bits per heavy atom. The maximum atomic E-state index is 11.9. The molecule has 129 heavy (non-hydrogen) atoms. The molecule has 688 valence electrons. The van der Waals surface area contributed by atoms with E-state index < -0.39 is 61.7 Å². The number of carbonyl (C=O) groups excluding carboxylic acids is 7. The fourth-order valence-corrected chi connectivity index (χ4v) is 15.4. The Labute approximate surface area is 875 Å². The maximum absolute atomic E-state index is 11.9. The third-order valence-electron chi connectivity index (χ3n) is 21.1. The Balaban J connectivity index is -0.00000141. The van der Waals surface area contributed by atoms with Crippen molar-refractivity contribution in [2.45, 2.75) is 247 Å². The number of halogens is 12. The van der Waals surface area contributed by atoms with Gasteiger partial charge in [-0.2, -0.15) is 41.2 Å². The summed E-state index contributed by atoms with van der Waals surface area (Å²) in [5, 5.41) is 91.6. The summed E-state index contributed by atoms with van der Waals surface area (Å²) in [5.74, 6) is -2.17. The zero-order valence-electron chi connectivity index (χ0n) is 74.1. The van der Waals surface area contributed by atoms with Gasteiger partial charge in [-0.05, 0) is 230 Å². The molecule has 5 aliphatic rings. The van der Waals surface area contributed by atoms with E-state index in [0.29, 0.717) is 175 Å². The van der Waals surface area contributed by atoms with Crippen molar-refractivity contribution < 1.29 is 138 Å². The van der Waals surface area contributed by atoms with Crippen LogP contribution in [0.2, 0.25) is 60.3 Å². The minimum atomic E-state index is -0.930. The van der Waals surface area contributed by atoms with Crippen molar-refractivity contribution in [1.82, 2.24) is 0 Å². The summed E-state index contributed by atoms with van der Waals surface area (Å²) in [6.07, 6.45) is 14.7. The van der Waals surface area contributed by atoms with E-state index in [2.05, 4.69) is 58.1 Å². The summed E-state index contributed by atoms with van der Waals surface area (Å²) < 4.78 is 18.6. The minimum Gasteiger partial charge on any atom is -0.850 e. The normalized spacial score (nSPS) is 20.8. The van der Waals surface area contributed by atoms with Crippen molar-refractivity contribution in [3.8, 4) is 36.4 Å². The summed E-state index contributed by atoms with van der Waals surface area (Å²) in [4.78, 5) is 72.3. The third-order valence-corrected chi connectivity index (χ3v) is 25.6. The molecule has 34 heteroatoms. The van der Waals surface area contributed by atoms with Gasteiger partial charge in [0, 0.05) is 38.4 Å². The number of ether oxygens (including phenoxy) is 4. The van der Waals surface area contributed by atoms with Crippen LogP contribution in [0.5, 0.6) is 0 Å². The van der Waals surface area contributed by atoms with E-state index in [1.807, 2.05) is 45.0 Å². The second-order valence-electron chi connectivity index (χ2n) is 31.5. The molecule has 4 saturated carbocycles.